The summed E-state index contributed by atoms with van der Waals surface area (Å²) in [4.78, 5) is 25.6. The Morgan fingerprint density at radius 1 is 1.19 bits per heavy atom. The van der Waals surface area contributed by atoms with Crippen LogP contribution in [-0.4, -0.2) is 53.5 Å². The van der Waals surface area contributed by atoms with Crippen molar-refractivity contribution in [3.63, 3.8) is 0 Å². The van der Waals surface area contributed by atoms with Gasteiger partial charge < -0.3 is 24.8 Å². The second kappa shape index (κ2) is 10.8. The van der Waals surface area contributed by atoms with Gasteiger partial charge in [-0.1, -0.05) is 44.2 Å². The molecule has 0 saturated carbocycles. The van der Waals surface area contributed by atoms with Crippen LogP contribution in [0.15, 0.2) is 30.3 Å². The van der Waals surface area contributed by atoms with Crippen molar-refractivity contribution in [2.45, 2.75) is 52.9 Å². The Hall–Kier alpha value is -2.28. The number of hydrogen-bond acceptors (Lipinski definition) is 5. The zero-order chi connectivity index (χ0) is 20.4. The summed E-state index contributed by atoms with van der Waals surface area (Å²) >= 11 is 0. The Morgan fingerprint density at radius 3 is 2.37 bits per heavy atom. The molecule has 2 atom stereocenters. The summed E-state index contributed by atoms with van der Waals surface area (Å²) in [5, 5.41) is 12.2. The minimum atomic E-state index is -0.591. The number of nitrogens with zero attached hydrogens (tertiary/aromatic N) is 1. The zero-order valence-corrected chi connectivity index (χ0v) is 16.9. The van der Waals surface area contributed by atoms with Gasteiger partial charge in [-0.25, -0.2) is 9.59 Å². The average Bonchev–Trinajstić information content (AvgIpc) is 3.04. The van der Waals surface area contributed by atoms with E-state index in [1.807, 2.05) is 44.2 Å². The van der Waals surface area contributed by atoms with Crippen molar-refractivity contribution in [2.24, 2.45) is 5.92 Å². The lowest BCUT2D eigenvalue weighted by Crippen LogP contribution is -2.42. The summed E-state index contributed by atoms with van der Waals surface area (Å²) in [6, 6.07) is 8.98. The lowest BCUT2D eigenvalue weighted by atomic mass is 10.1. The van der Waals surface area contributed by atoms with Gasteiger partial charge in [0.2, 0.25) is 0 Å². The van der Waals surface area contributed by atoms with Gasteiger partial charge in [0.1, 0.15) is 12.2 Å². The molecule has 152 valence electrons. The maximum Gasteiger partial charge on any atom is 0.410 e. The molecule has 27 heavy (non-hydrogen) atoms. The number of aliphatic hydroxyl groups is 1. The predicted molar refractivity (Wildman–Crippen MR) is 103 cm³/mol. The molecule has 1 heterocycles. The second-order valence-electron chi connectivity index (χ2n) is 7.14. The van der Waals surface area contributed by atoms with E-state index < -0.39 is 17.8 Å². The molecule has 2 N–H and O–H groups in total. The van der Waals surface area contributed by atoms with Crippen molar-refractivity contribution in [3.8, 4) is 0 Å². The summed E-state index contributed by atoms with van der Waals surface area (Å²) in [7, 11) is 0. The lowest BCUT2D eigenvalue weighted by molar-refractivity contribution is 0.0281. The number of alkyl carbamates (subject to hydrolysis) is 1. The predicted octanol–water partition coefficient (Wildman–Crippen LogP) is 3.17. The van der Waals surface area contributed by atoms with E-state index in [-0.39, 0.29) is 31.7 Å². The van der Waals surface area contributed by atoms with Crippen LogP contribution in [0, 0.1) is 5.92 Å². The van der Waals surface area contributed by atoms with Crippen molar-refractivity contribution < 1.29 is 24.2 Å². The van der Waals surface area contributed by atoms with Gasteiger partial charge in [-0.3, -0.25) is 0 Å². The highest BCUT2D eigenvalue weighted by Gasteiger charge is 2.37. The molecule has 1 aromatic rings. The normalized spacial score (nSPS) is 19.0. The van der Waals surface area contributed by atoms with Crippen molar-refractivity contribution in [1.29, 1.82) is 0 Å². The van der Waals surface area contributed by atoms with Crippen molar-refractivity contribution in [1.82, 2.24) is 10.2 Å². The Kier molecular flexibility index (Phi) is 9.08. The van der Waals surface area contributed by atoms with Gasteiger partial charge in [0.15, 0.2) is 0 Å². The van der Waals surface area contributed by atoms with Crippen LogP contribution in [-0.2, 0) is 16.1 Å². The summed E-state index contributed by atoms with van der Waals surface area (Å²) in [5.74, 6) is -0.253. The first-order chi connectivity index (χ1) is 12.8. The van der Waals surface area contributed by atoms with Gasteiger partial charge in [0, 0.05) is 25.6 Å². The molecule has 0 bridgehead atoms. The Labute approximate surface area is 161 Å². The van der Waals surface area contributed by atoms with Crippen LogP contribution >= 0.6 is 0 Å². The van der Waals surface area contributed by atoms with Crippen LogP contribution in [0.5, 0.6) is 0 Å². The summed E-state index contributed by atoms with van der Waals surface area (Å²) in [6.45, 7) is 10.0. The number of rotatable bonds is 4. The van der Waals surface area contributed by atoms with Gasteiger partial charge in [-0.15, -0.1) is 0 Å². The largest absolute Gasteiger partial charge is 0.445 e. The topological polar surface area (TPSA) is 88.1 Å². The fourth-order valence-electron chi connectivity index (χ4n) is 2.61. The van der Waals surface area contributed by atoms with E-state index in [1.54, 1.807) is 20.8 Å². The number of aliphatic hydroxyl groups excluding tert-OH is 1. The second-order valence-corrected chi connectivity index (χ2v) is 7.14. The van der Waals surface area contributed by atoms with Gasteiger partial charge in [0.05, 0.1) is 6.04 Å². The highest BCUT2D eigenvalue weighted by molar-refractivity contribution is 5.70. The first-order valence-corrected chi connectivity index (χ1v) is 9.34. The molecule has 0 radical (unpaired) electrons. The minimum absolute atomic E-state index is 0.136. The first kappa shape index (κ1) is 22.8. The molecule has 2 unspecified atom stereocenters. The summed E-state index contributed by atoms with van der Waals surface area (Å²) in [6.07, 6.45) is -1.02. The molecule has 2 rings (SSSR count). The smallest absolute Gasteiger partial charge is 0.410 e. The lowest BCUT2D eigenvalue weighted by Gasteiger charge is -2.24. The number of ether oxygens (including phenoxy) is 2. The van der Waals surface area contributed by atoms with E-state index in [4.69, 9.17) is 9.47 Å². The van der Waals surface area contributed by atoms with Gasteiger partial charge in [-0.05, 0) is 26.3 Å². The molecule has 0 aliphatic carbocycles. The highest BCUT2D eigenvalue weighted by Crippen LogP contribution is 2.20. The van der Waals surface area contributed by atoms with Crippen molar-refractivity contribution in [3.05, 3.63) is 35.9 Å². The van der Waals surface area contributed by atoms with E-state index in [1.165, 1.54) is 4.90 Å². The summed E-state index contributed by atoms with van der Waals surface area (Å²) in [5.41, 5.74) is 0.296. The number of hydrogen-bond donors (Lipinski definition) is 2. The molecule has 1 aliphatic rings. The van der Waals surface area contributed by atoms with Crippen LogP contribution < -0.4 is 5.32 Å². The number of carbonyl (C=O) groups is 2. The van der Waals surface area contributed by atoms with Gasteiger partial charge >= 0.3 is 12.2 Å². The first-order valence-electron chi connectivity index (χ1n) is 9.34. The number of amides is 2. The van der Waals surface area contributed by atoms with E-state index in [9.17, 15) is 14.7 Å². The van der Waals surface area contributed by atoms with Crippen LogP contribution in [0.3, 0.4) is 0 Å². The van der Waals surface area contributed by atoms with Gasteiger partial charge in [0.25, 0.3) is 0 Å². The van der Waals surface area contributed by atoms with E-state index in [0.29, 0.717) is 6.54 Å². The maximum absolute atomic E-state index is 12.1. The van der Waals surface area contributed by atoms with E-state index in [2.05, 4.69) is 5.32 Å². The van der Waals surface area contributed by atoms with E-state index in [0.717, 1.165) is 5.56 Å². The molecule has 0 spiro atoms. The number of carbonyl (C=O) groups excluding carboxylic acids is 2. The standard InChI is InChI=1S/C18H26N2O5.C2H6/c1-18(2,3)25-17(23)20-9-14(11-21)15(10-20)19-16(22)24-12-13-7-5-4-6-8-13;1-2/h4-8,14-15,21H,9-12H2,1-3H3,(H,19,22);1-2H3. The van der Waals surface area contributed by atoms with Crippen molar-refractivity contribution in [2.75, 3.05) is 19.7 Å². The molecule has 1 fully saturated rings. The molecular weight excluding hydrogens is 348 g/mol. The fraction of sp³-hybridized carbons (Fsp3) is 0.600. The molecule has 1 saturated heterocycles. The Bertz CT molecular complexity index is 586. The zero-order valence-electron chi connectivity index (χ0n) is 16.9. The highest BCUT2D eigenvalue weighted by atomic mass is 16.6. The SMILES string of the molecule is CC.CC(C)(C)OC(=O)N1CC(CO)C(NC(=O)OCc2ccccc2)C1. The Morgan fingerprint density at radius 2 is 1.81 bits per heavy atom. The van der Waals surface area contributed by atoms with E-state index >= 15 is 0 Å². The Balaban J connectivity index is 0.00000176. The number of likely N-dealkylation sites (tertiary alicyclic amines) is 1. The van der Waals surface area contributed by atoms with Crippen LogP contribution in [0.25, 0.3) is 0 Å². The van der Waals surface area contributed by atoms with Crippen LogP contribution in [0.1, 0.15) is 40.2 Å². The number of nitrogens with one attached hydrogen (secondary N) is 1. The van der Waals surface area contributed by atoms with Crippen molar-refractivity contribution >= 4 is 12.2 Å². The molecule has 7 nitrogen and oxygen atoms in total. The third kappa shape index (κ3) is 7.86. The quantitative estimate of drug-likeness (QED) is 0.838. The molecule has 1 aliphatic heterocycles. The van der Waals surface area contributed by atoms with Crippen LogP contribution in [0.2, 0.25) is 0 Å². The third-order valence-corrected chi connectivity index (χ3v) is 3.84. The molecule has 1 aromatic carbocycles. The molecular formula is C20H32N2O5. The monoisotopic (exact) mass is 380 g/mol. The minimum Gasteiger partial charge on any atom is -0.445 e. The third-order valence-electron chi connectivity index (χ3n) is 3.84. The fourth-order valence-corrected chi connectivity index (χ4v) is 2.61. The summed E-state index contributed by atoms with van der Waals surface area (Å²) < 4.78 is 10.5. The average molecular weight is 380 g/mol. The van der Waals surface area contributed by atoms with Gasteiger partial charge in [-0.2, -0.15) is 0 Å². The molecule has 2 amide bonds. The van der Waals surface area contributed by atoms with Crippen LogP contribution in [0.4, 0.5) is 9.59 Å². The maximum atomic E-state index is 12.1. The molecule has 7 heteroatoms. The number of benzene rings is 1. The molecule has 0 aromatic heterocycles.